The molecule has 1 aliphatic rings. The van der Waals surface area contributed by atoms with Crippen LogP contribution in [0.4, 0.5) is 0 Å². The lowest BCUT2D eigenvalue weighted by atomic mass is 9.92. The zero-order chi connectivity index (χ0) is 28.3. The third-order valence-electron chi connectivity index (χ3n) is 8.75. The molecule has 40 heavy (non-hydrogen) atoms. The number of benzene rings is 3. The highest BCUT2D eigenvalue weighted by Crippen LogP contribution is 2.54. The molecule has 0 amide bonds. The maximum absolute atomic E-state index is 2.61. The number of unbranched alkanes of at least 4 members (excludes halogenated alkanes) is 9. The molecule has 0 spiro atoms. The van der Waals surface area contributed by atoms with Crippen LogP contribution in [0.1, 0.15) is 122 Å². The van der Waals surface area contributed by atoms with Gasteiger partial charge in [0, 0.05) is 17.5 Å². The Kier molecular flexibility index (Phi) is 11.9. The number of hydrogen-bond acceptors (Lipinski definition) is 0. The van der Waals surface area contributed by atoms with Crippen LogP contribution < -0.4 is 0 Å². The molecule has 2 atom stereocenters. The summed E-state index contributed by atoms with van der Waals surface area (Å²) in [6.07, 6.45) is 19.1. The van der Waals surface area contributed by atoms with Gasteiger partial charge in [-0.05, 0) is 68.9 Å². The third-order valence-corrected chi connectivity index (χ3v) is 11.7. The molecular weight excluding hydrogens is 499 g/mol. The number of allylic oxidation sites excluding steroid dienone is 2. The first-order chi connectivity index (χ1) is 19.5. The largest absolute Gasteiger partial charge is 0.151 e. The lowest BCUT2D eigenvalue weighted by Gasteiger charge is -2.24. The molecule has 0 radical (unpaired) electrons. The fourth-order valence-corrected chi connectivity index (χ4v) is 9.88. The molecule has 212 valence electrons. The Hall–Kier alpha value is -2.43. The molecule has 0 saturated carbocycles. The second-order valence-corrected chi connectivity index (χ2v) is 14.7. The Morgan fingerprint density at radius 2 is 1.25 bits per heavy atom. The fraction of sp³-hybridized carbons (Fsp3) is 0.462. The molecule has 0 aromatic heterocycles. The summed E-state index contributed by atoms with van der Waals surface area (Å²) in [7, 11) is -0.314. The summed E-state index contributed by atoms with van der Waals surface area (Å²) >= 11 is 0. The highest BCUT2D eigenvalue weighted by Gasteiger charge is 2.37. The van der Waals surface area contributed by atoms with Crippen molar-refractivity contribution in [3.63, 3.8) is 0 Å². The Balaban J connectivity index is 1.64. The van der Waals surface area contributed by atoms with Crippen LogP contribution in [0.5, 0.6) is 0 Å². The van der Waals surface area contributed by atoms with Crippen molar-refractivity contribution < 1.29 is 0 Å². The molecule has 2 unspecified atom stereocenters. The Labute approximate surface area is 246 Å². The second-order valence-electron chi connectivity index (χ2n) is 12.2. The van der Waals surface area contributed by atoms with Gasteiger partial charge < -0.3 is 0 Å². The molecule has 4 rings (SSSR count). The summed E-state index contributed by atoms with van der Waals surface area (Å²) in [5.74, 6) is 0. The Morgan fingerprint density at radius 1 is 0.650 bits per heavy atom. The van der Waals surface area contributed by atoms with E-state index in [4.69, 9.17) is 0 Å². The molecule has 1 heterocycles. The average molecular weight is 552 g/mol. The molecule has 0 nitrogen and oxygen atoms in total. The minimum absolute atomic E-state index is 0.314. The van der Waals surface area contributed by atoms with Crippen molar-refractivity contribution in [3.8, 4) is 0 Å². The van der Waals surface area contributed by atoms with E-state index in [1.165, 1.54) is 109 Å². The highest BCUT2D eigenvalue weighted by atomic mass is 31.1. The molecule has 0 aliphatic carbocycles. The van der Waals surface area contributed by atoms with Gasteiger partial charge in [-0.1, -0.05) is 136 Å². The van der Waals surface area contributed by atoms with Gasteiger partial charge in [-0.15, -0.1) is 0 Å². The zero-order valence-electron chi connectivity index (χ0n) is 25.9. The van der Waals surface area contributed by atoms with E-state index in [9.17, 15) is 0 Å². The van der Waals surface area contributed by atoms with Crippen molar-refractivity contribution >= 4 is 18.4 Å². The minimum atomic E-state index is -0.314. The van der Waals surface area contributed by atoms with E-state index in [0.717, 1.165) is 6.42 Å². The summed E-state index contributed by atoms with van der Waals surface area (Å²) in [4.78, 5) is 0. The van der Waals surface area contributed by atoms with Gasteiger partial charge in [0.25, 0.3) is 0 Å². The summed E-state index contributed by atoms with van der Waals surface area (Å²) in [6.45, 7) is 11.4. The Bertz CT molecular complexity index is 1290. The number of aryl methyl sites for hydroxylation is 4. The fourth-order valence-electron chi connectivity index (χ4n) is 6.50. The minimum Gasteiger partial charge on any atom is -0.0654 e. The topological polar surface area (TPSA) is 0 Å². The highest BCUT2D eigenvalue weighted by molar-refractivity contribution is 7.60. The zero-order valence-corrected chi connectivity index (χ0v) is 26.8. The van der Waals surface area contributed by atoms with Crippen molar-refractivity contribution in [2.24, 2.45) is 0 Å². The van der Waals surface area contributed by atoms with Gasteiger partial charge in [0.15, 0.2) is 5.29 Å². The maximum Gasteiger partial charge on any atom is 0.151 e. The molecule has 3 aromatic carbocycles. The van der Waals surface area contributed by atoms with Gasteiger partial charge in [0.05, 0.1) is 0 Å². The van der Waals surface area contributed by atoms with Gasteiger partial charge in [-0.2, -0.15) is 0 Å². The van der Waals surface area contributed by atoms with E-state index in [0.29, 0.717) is 5.66 Å². The van der Waals surface area contributed by atoms with Crippen LogP contribution in [-0.4, -0.2) is 11.5 Å². The standard InChI is InChI=1S/C39H52P/c1-6-7-8-9-10-11-12-13-14-18-25-40-38(36-23-21-30(2)26-32(36)4)28-35(34-19-16-15-17-20-34)29-39(40)37-24-22-31(3)27-33(37)5/h15-17,19-24,26-28,39H,6-14,18,25,29H2,1-5H3/q+1. The predicted octanol–water partition coefficient (Wildman–Crippen LogP) is 12.1. The smallest absolute Gasteiger partial charge is 0.0654 e. The summed E-state index contributed by atoms with van der Waals surface area (Å²) < 4.78 is 0. The van der Waals surface area contributed by atoms with E-state index in [1.54, 1.807) is 10.9 Å². The van der Waals surface area contributed by atoms with Crippen molar-refractivity contribution in [1.82, 2.24) is 0 Å². The van der Waals surface area contributed by atoms with Crippen LogP contribution in [0.25, 0.3) is 5.57 Å². The quantitative estimate of drug-likeness (QED) is 0.138. The van der Waals surface area contributed by atoms with Gasteiger partial charge in [-0.25, -0.2) is 0 Å². The molecule has 0 saturated heterocycles. The van der Waals surface area contributed by atoms with Crippen LogP contribution in [0, 0.1) is 27.7 Å². The van der Waals surface area contributed by atoms with E-state index in [-0.39, 0.29) is 7.55 Å². The lowest BCUT2D eigenvalue weighted by Crippen LogP contribution is -2.13. The maximum atomic E-state index is 2.61. The summed E-state index contributed by atoms with van der Waals surface area (Å²) in [5.41, 5.74) is 12.1. The van der Waals surface area contributed by atoms with Gasteiger partial charge >= 0.3 is 0 Å². The molecule has 0 N–H and O–H groups in total. The van der Waals surface area contributed by atoms with E-state index >= 15 is 0 Å². The van der Waals surface area contributed by atoms with Crippen LogP contribution >= 0.6 is 7.55 Å². The number of hydrogen-bond donors (Lipinski definition) is 0. The van der Waals surface area contributed by atoms with Gasteiger partial charge in [0.2, 0.25) is 0 Å². The second kappa shape index (κ2) is 15.5. The van der Waals surface area contributed by atoms with E-state index < -0.39 is 0 Å². The molecule has 1 aliphatic heterocycles. The van der Waals surface area contributed by atoms with Crippen LogP contribution in [0.3, 0.4) is 0 Å². The predicted molar refractivity (Wildman–Crippen MR) is 181 cm³/mol. The molecule has 0 fully saturated rings. The summed E-state index contributed by atoms with van der Waals surface area (Å²) in [6, 6.07) is 25.5. The molecule has 3 aromatic rings. The monoisotopic (exact) mass is 551 g/mol. The van der Waals surface area contributed by atoms with Crippen LogP contribution in [0.15, 0.2) is 72.8 Å². The summed E-state index contributed by atoms with van der Waals surface area (Å²) in [5, 5.41) is 1.62. The average Bonchev–Trinajstić information content (AvgIpc) is 2.94. The van der Waals surface area contributed by atoms with Crippen LogP contribution in [0.2, 0.25) is 0 Å². The van der Waals surface area contributed by atoms with E-state index in [2.05, 4.69) is 107 Å². The SMILES string of the molecule is CCCCCCCCCCCC[P+]1=C(c2ccc(C)cc2C)C=C(c2ccccc2)CC1c1ccc(C)cc1C. The Morgan fingerprint density at radius 3 is 1.88 bits per heavy atom. The number of rotatable bonds is 14. The molecule has 1 heteroatoms. The van der Waals surface area contributed by atoms with Crippen molar-refractivity contribution in [2.45, 2.75) is 111 Å². The van der Waals surface area contributed by atoms with Gasteiger partial charge in [-0.3, -0.25) is 0 Å². The van der Waals surface area contributed by atoms with E-state index in [1.807, 2.05) is 0 Å². The molecular formula is C39H52P+. The first-order valence-electron chi connectivity index (χ1n) is 16.0. The molecule has 0 bridgehead atoms. The van der Waals surface area contributed by atoms with Gasteiger partial charge in [0.1, 0.15) is 19.4 Å². The first kappa shape index (κ1) is 30.5. The van der Waals surface area contributed by atoms with Crippen molar-refractivity contribution in [1.29, 1.82) is 0 Å². The van der Waals surface area contributed by atoms with Crippen molar-refractivity contribution in [3.05, 3.63) is 112 Å². The van der Waals surface area contributed by atoms with Crippen molar-refractivity contribution in [2.75, 3.05) is 6.16 Å². The first-order valence-corrected chi connectivity index (χ1v) is 17.6. The lowest BCUT2D eigenvalue weighted by molar-refractivity contribution is 0.563. The third kappa shape index (κ3) is 8.30. The van der Waals surface area contributed by atoms with Crippen LogP contribution in [-0.2, 0) is 0 Å². The normalized spacial score (nSPS) is 16.3.